The first-order chi connectivity index (χ1) is 13.5. The Morgan fingerprint density at radius 1 is 1.07 bits per heavy atom. The van der Waals surface area contributed by atoms with Crippen molar-refractivity contribution in [3.05, 3.63) is 53.1 Å². The molecule has 2 heterocycles. The van der Waals surface area contributed by atoms with Crippen LogP contribution in [0, 0.1) is 6.92 Å². The van der Waals surface area contributed by atoms with E-state index in [0.717, 1.165) is 42.9 Å². The molecule has 3 aliphatic rings. The van der Waals surface area contributed by atoms with Crippen LogP contribution >= 0.6 is 0 Å². The fourth-order valence-electron chi connectivity index (χ4n) is 4.71. The summed E-state index contributed by atoms with van der Waals surface area (Å²) in [4.78, 5) is 31.8. The summed E-state index contributed by atoms with van der Waals surface area (Å²) >= 11 is 0. The molecule has 0 aromatic heterocycles. The summed E-state index contributed by atoms with van der Waals surface area (Å²) in [5, 5.41) is 0. The maximum Gasteiger partial charge on any atom is 0.258 e. The molecule has 1 unspecified atom stereocenters. The number of rotatable bonds is 2. The molecule has 0 spiro atoms. The Hall–Kier alpha value is -2.82. The Kier molecular flexibility index (Phi) is 3.76. The first-order valence-corrected chi connectivity index (χ1v) is 10.1. The minimum atomic E-state index is -0.189. The molecule has 2 aromatic rings. The highest BCUT2D eigenvalue weighted by Gasteiger charge is 2.41. The quantitative estimate of drug-likeness (QED) is 0.807. The van der Waals surface area contributed by atoms with Gasteiger partial charge in [0.25, 0.3) is 5.91 Å². The molecule has 144 valence electrons. The summed E-state index contributed by atoms with van der Waals surface area (Å²) in [6, 6.07) is 12.2. The number of hydrogen-bond donors (Lipinski definition) is 0. The molecule has 5 heteroatoms. The summed E-state index contributed by atoms with van der Waals surface area (Å²) < 4.78 is 0. The number of carbonyl (C=O) groups is 2. The van der Waals surface area contributed by atoms with E-state index in [-0.39, 0.29) is 17.9 Å². The highest BCUT2D eigenvalue weighted by Crippen LogP contribution is 2.43. The van der Waals surface area contributed by atoms with Crippen molar-refractivity contribution in [2.45, 2.75) is 45.2 Å². The highest BCUT2D eigenvalue weighted by molar-refractivity contribution is 6.10. The molecule has 0 saturated heterocycles. The van der Waals surface area contributed by atoms with Gasteiger partial charge in [-0.3, -0.25) is 9.59 Å². The summed E-state index contributed by atoms with van der Waals surface area (Å²) in [7, 11) is 1.82. The smallest absolute Gasteiger partial charge is 0.258 e. The van der Waals surface area contributed by atoms with Crippen LogP contribution in [0.25, 0.3) is 0 Å². The largest absolute Gasteiger partial charge is 0.355 e. The second-order valence-electron chi connectivity index (χ2n) is 8.19. The van der Waals surface area contributed by atoms with Gasteiger partial charge >= 0.3 is 0 Å². The third-order valence-corrected chi connectivity index (χ3v) is 6.41. The van der Waals surface area contributed by atoms with Gasteiger partial charge in [-0.2, -0.15) is 0 Å². The zero-order chi connectivity index (χ0) is 19.6. The van der Waals surface area contributed by atoms with Crippen molar-refractivity contribution >= 4 is 28.9 Å². The lowest BCUT2D eigenvalue weighted by Gasteiger charge is -2.40. The number of benzene rings is 2. The molecule has 0 N–H and O–H groups in total. The van der Waals surface area contributed by atoms with Gasteiger partial charge in [-0.25, -0.2) is 0 Å². The van der Waals surface area contributed by atoms with E-state index < -0.39 is 0 Å². The molecule has 28 heavy (non-hydrogen) atoms. The fourth-order valence-corrected chi connectivity index (χ4v) is 4.71. The molecule has 2 aromatic carbocycles. The Morgan fingerprint density at radius 2 is 1.86 bits per heavy atom. The molecule has 0 radical (unpaired) electrons. The van der Waals surface area contributed by atoms with E-state index in [0.29, 0.717) is 11.6 Å². The van der Waals surface area contributed by atoms with Crippen LogP contribution in [0.2, 0.25) is 0 Å². The molecule has 5 nitrogen and oxygen atoms in total. The van der Waals surface area contributed by atoms with E-state index in [1.165, 1.54) is 11.1 Å². The SMILES string of the molecule is Cc1cccc2c1CCN2C(=O)c1ccc2c(c1)N(C1CC1)C(C)C(=O)N2C. The lowest BCUT2D eigenvalue weighted by atomic mass is 10.0. The van der Waals surface area contributed by atoms with Crippen LogP contribution < -0.4 is 14.7 Å². The van der Waals surface area contributed by atoms with Gasteiger partial charge in [0.2, 0.25) is 5.91 Å². The zero-order valence-corrected chi connectivity index (χ0v) is 16.6. The van der Waals surface area contributed by atoms with Gasteiger partial charge in [0, 0.05) is 30.9 Å². The number of amides is 2. The Balaban J connectivity index is 1.54. The summed E-state index contributed by atoms with van der Waals surface area (Å²) in [5.74, 6) is 0.150. The molecule has 5 rings (SSSR count). The Morgan fingerprint density at radius 3 is 2.61 bits per heavy atom. The number of carbonyl (C=O) groups excluding carboxylic acids is 2. The van der Waals surface area contributed by atoms with Crippen molar-refractivity contribution in [2.75, 3.05) is 28.3 Å². The number of hydrogen-bond acceptors (Lipinski definition) is 3. The maximum absolute atomic E-state index is 13.4. The fraction of sp³-hybridized carbons (Fsp3) is 0.391. The van der Waals surface area contributed by atoms with Gasteiger partial charge in [-0.05, 0) is 68.5 Å². The molecule has 2 amide bonds. The minimum absolute atomic E-state index is 0.0371. The third-order valence-electron chi connectivity index (χ3n) is 6.41. The predicted molar refractivity (Wildman–Crippen MR) is 111 cm³/mol. The van der Waals surface area contributed by atoms with Crippen LogP contribution in [-0.2, 0) is 11.2 Å². The second kappa shape index (κ2) is 6.09. The number of nitrogens with zero attached hydrogens (tertiary/aromatic N) is 3. The first-order valence-electron chi connectivity index (χ1n) is 10.1. The monoisotopic (exact) mass is 375 g/mol. The average molecular weight is 375 g/mol. The van der Waals surface area contributed by atoms with Crippen LogP contribution in [0.1, 0.15) is 41.3 Å². The predicted octanol–water partition coefficient (Wildman–Crippen LogP) is 3.53. The Labute approximate surface area is 165 Å². The number of likely N-dealkylation sites (N-methyl/N-ethyl adjacent to an activating group) is 1. The number of anilines is 3. The number of fused-ring (bicyclic) bond motifs is 2. The van der Waals surface area contributed by atoms with Crippen molar-refractivity contribution in [3.63, 3.8) is 0 Å². The summed E-state index contributed by atoms with van der Waals surface area (Å²) in [6.07, 6.45) is 3.12. The van der Waals surface area contributed by atoms with E-state index in [1.54, 1.807) is 4.90 Å². The molecule has 1 atom stereocenters. The van der Waals surface area contributed by atoms with Crippen LogP contribution in [0.5, 0.6) is 0 Å². The first kappa shape index (κ1) is 17.3. The van der Waals surface area contributed by atoms with Gasteiger partial charge in [-0.1, -0.05) is 12.1 Å². The molecule has 0 bridgehead atoms. The van der Waals surface area contributed by atoms with E-state index in [9.17, 15) is 9.59 Å². The second-order valence-corrected chi connectivity index (χ2v) is 8.19. The van der Waals surface area contributed by atoms with Crippen LogP contribution in [-0.4, -0.2) is 37.5 Å². The van der Waals surface area contributed by atoms with E-state index in [1.807, 2.05) is 49.2 Å². The van der Waals surface area contributed by atoms with E-state index in [4.69, 9.17) is 0 Å². The standard InChI is InChI=1S/C23H25N3O2/c1-14-5-4-6-19-18(14)11-12-25(19)23(28)16-7-10-20-21(13-16)26(17-8-9-17)15(2)22(27)24(20)3/h4-7,10,13,15,17H,8-9,11-12H2,1-3H3. The van der Waals surface area contributed by atoms with Crippen LogP contribution in [0.3, 0.4) is 0 Å². The molecule has 2 aliphatic heterocycles. The van der Waals surface area contributed by atoms with Gasteiger partial charge in [-0.15, -0.1) is 0 Å². The van der Waals surface area contributed by atoms with Crippen molar-refractivity contribution < 1.29 is 9.59 Å². The summed E-state index contributed by atoms with van der Waals surface area (Å²) in [5.41, 5.74) is 6.13. The zero-order valence-electron chi connectivity index (χ0n) is 16.6. The van der Waals surface area contributed by atoms with Gasteiger partial charge in [0.15, 0.2) is 0 Å². The van der Waals surface area contributed by atoms with Crippen molar-refractivity contribution in [3.8, 4) is 0 Å². The lowest BCUT2D eigenvalue weighted by Crippen LogP contribution is -2.51. The highest BCUT2D eigenvalue weighted by atomic mass is 16.2. The van der Waals surface area contributed by atoms with Crippen molar-refractivity contribution in [2.24, 2.45) is 0 Å². The molecule has 1 saturated carbocycles. The topological polar surface area (TPSA) is 43.9 Å². The van der Waals surface area contributed by atoms with Crippen molar-refractivity contribution in [1.29, 1.82) is 0 Å². The van der Waals surface area contributed by atoms with Gasteiger partial charge in [0.1, 0.15) is 6.04 Å². The van der Waals surface area contributed by atoms with E-state index in [2.05, 4.69) is 17.9 Å². The normalized spacial score (nSPS) is 21.0. The van der Waals surface area contributed by atoms with Gasteiger partial charge < -0.3 is 14.7 Å². The Bertz CT molecular complexity index is 995. The summed E-state index contributed by atoms with van der Waals surface area (Å²) in [6.45, 7) is 4.79. The minimum Gasteiger partial charge on any atom is -0.355 e. The molecule has 1 aliphatic carbocycles. The van der Waals surface area contributed by atoms with Crippen LogP contribution in [0.4, 0.5) is 17.1 Å². The number of aryl methyl sites for hydroxylation is 1. The molecular weight excluding hydrogens is 350 g/mol. The maximum atomic E-state index is 13.4. The molecule has 1 fully saturated rings. The van der Waals surface area contributed by atoms with Crippen molar-refractivity contribution in [1.82, 2.24) is 0 Å². The van der Waals surface area contributed by atoms with Gasteiger partial charge in [0.05, 0.1) is 11.4 Å². The lowest BCUT2D eigenvalue weighted by molar-refractivity contribution is -0.119. The third kappa shape index (κ3) is 2.45. The van der Waals surface area contributed by atoms with Crippen LogP contribution in [0.15, 0.2) is 36.4 Å². The average Bonchev–Trinajstić information content (AvgIpc) is 3.43. The van der Waals surface area contributed by atoms with E-state index >= 15 is 0 Å². The molecular formula is C23H25N3O2.